The highest BCUT2D eigenvalue weighted by Crippen LogP contribution is 2.31. The number of anilines is 1. The first-order valence-corrected chi connectivity index (χ1v) is 12.0. The molecule has 0 bridgehead atoms. The van der Waals surface area contributed by atoms with Crippen LogP contribution < -0.4 is 14.8 Å². The lowest BCUT2D eigenvalue weighted by atomic mass is 10.1. The first kappa shape index (κ1) is 22.1. The van der Waals surface area contributed by atoms with Gasteiger partial charge < -0.3 is 14.8 Å². The van der Waals surface area contributed by atoms with Gasteiger partial charge in [0.2, 0.25) is 10.0 Å². The molecular weight excluding hydrogens is 428 g/mol. The second-order valence-electron chi connectivity index (χ2n) is 7.70. The predicted octanol–water partition coefficient (Wildman–Crippen LogP) is 4.04. The summed E-state index contributed by atoms with van der Waals surface area (Å²) >= 11 is 0. The molecule has 1 amide bonds. The molecule has 168 valence electrons. The van der Waals surface area contributed by atoms with Gasteiger partial charge in [0.05, 0.1) is 17.7 Å². The summed E-state index contributed by atoms with van der Waals surface area (Å²) in [4.78, 5) is 13.0. The highest BCUT2D eigenvalue weighted by Gasteiger charge is 2.28. The van der Waals surface area contributed by atoms with Crippen LogP contribution >= 0.6 is 0 Å². The van der Waals surface area contributed by atoms with Crippen LogP contribution in [-0.2, 0) is 14.8 Å². The van der Waals surface area contributed by atoms with Crippen LogP contribution in [0.4, 0.5) is 5.69 Å². The van der Waals surface area contributed by atoms with Crippen molar-refractivity contribution in [1.29, 1.82) is 0 Å². The third kappa shape index (κ3) is 4.42. The van der Waals surface area contributed by atoms with E-state index in [-0.39, 0.29) is 10.6 Å². The molecule has 0 unspecified atom stereocenters. The Labute approximate surface area is 188 Å². The topological polar surface area (TPSA) is 84.9 Å². The van der Waals surface area contributed by atoms with Gasteiger partial charge in [-0.2, -0.15) is 4.31 Å². The zero-order chi connectivity index (χ0) is 22.7. The van der Waals surface area contributed by atoms with Crippen molar-refractivity contribution in [3.05, 3.63) is 60.7 Å². The number of nitrogens with one attached hydrogen (secondary N) is 1. The van der Waals surface area contributed by atoms with Gasteiger partial charge in [-0.25, -0.2) is 8.42 Å². The average molecular weight is 455 g/mol. The highest BCUT2D eigenvalue weighted by molar-refractivity contribution is 7.89. The first-order chi connectivity index (χ1) is 15.4. The number of methoxy groups -OCH3 is 1. The molecule has 1 fully saturated rings. The van der Waals surface area contributed by atoms with Crippen LogP contribution in [0.1, 0.15) is 19.8 Å². The first-order valence-electron chi connectivity index (χ1n) is 10.5. The molecule has 8 heteroatoms. The van der Waals surface area contributed by atoms with Crippen LogP contribution in [-0.4, -0.2) is 44.9 Å². The van der Waals surface area contributed by atoms with Crippen molar-refractivity contribution in [2.75, 3.05) is 25.5 Å². The molecule has 1 aliphatic rings. The van der Waals surface area contributed by atoms with Gasteiger partial charge in [0.15, 0.2) is 6.10 Å². The Morgan fingerprint density at radius 1 is 1.00 bits per heavy atom. The third-order valence-electron chi connectivity index (χ3n) is 5.55. The van der Waals surface area contributed by atoms with Gasteiger partial charge >= 0.3 is 0 Å². The number of hydrogen-bond acceptors (Lipinski definition) is 5. The summed E-state index contributed by atoms with van der Waals surface area (Å²) in [5.41, 5.74) is 0.283. The summed E-state index contributed by atoms with van der Waals surface area (Å²) in [5, 5.41) is 4.68. The van der Waals surface area contributed by atoms with Crippen molar-refractivity contribution in [3.8, 4) is 11.5 Å². The molecule has 4 rings (SSSR count). The SMILES string of the molecule is COc1ccc(S(=O)(=O)N2CCCC2)cc1NC(=O)[C@@H](C)Oc1cccc2ccccc12. The number of sulfonamides is 1. The van der Waals surface area contributed by atoms with Gasteiger partial charge in [0, 0.05) is 18.5 Å². The number of carbonyl (C=O) groups excluding carboxylic acids is 1. The van der Waals surface area contributed by atoms with Crippen LogP contribution in [0, 0.1) is 0 Å². The van der Waals surface area contributed by atoms with Crippen LogP contribution in [0.3, 0.4) is 0 Å². The molecular formula is C24H26N2O5S. The molecule has 0 saturated carbocycles. The van der Waals surface area contributed by atoms with E-state index in [0.29, 0.717) is 24.6 Å². The van der Waals surface area contributed by atoms with E-state index in [0.717, 1.165) is 23.6 Å². The van der Waals surface area contributed by atoms with Gasteiger partial charge in [-0.3, -0.25) is 4.79 Å². The van der Waals surface area contributed by atoms with Gasteiger partial charge in [0.1, 0.15) is 11.5 Å². The minimum atomic E-state index is -3.62. The second kappa shape index (κ2) is 9.18. The lowest BCUT2D eigenvalue weighted by Crippen LogP contribution is -2.31. The van der Waals surface area contributed by atoms with Crippen molar-refractivity contribution in [1.82, 2.24) is 4.31 Å². The molecule has 3 aromatic rings. The molecule has 1 aliphatic heterocycles. The number of fused-ring (bicyclic) bond motifs is 1. The Kier molecular flexibility index (Phi) is 6.34. The zero-order valence-electron chi connectivity index (χ0n) is 18.1. The number of ether oxygens (including phenoxy) is 2. The van der Waals surface area contributed by atoms with E-state index in [1.165, 1.54) is 23.5 Å². The van der Waals surface area contributed by atoms with E-state index in [4.69, 9.17) is 9.47 Å². The maximum Gasteiger partial charge on any atom is 0.265 e. The number of rotatable bonds is 7. The van der Waals surface area contributed by atoms with Crippen molar-refractivity contribution >= 4 is 32.4 Å². The molecule has 1 saturated heterocycles. The molecule has 0 radical (unpaired) electrons. The molecule has 0 aliphatic carbocycles. The molecule has 1 heterocycles. The fraction of sp³-hybridized carbons (Fsp3) is 0.292. The van der Waals surface area contributed by atoms with Gasteiger partial charge in [0.25, 0.3) is 5.91 Å². The molecule has 32 heavy (non-hydrogen) atoms. The summed E-state index contributed by atoms with van der Waals surface area (Å²) in [5.74, 6) is 0.561. The Balaban J connectivity index is 1.55. The number of amides is 1. The average Bonchev–Trinajstić information content (AvgIpc) is 3.35. The van der Waals surface area contributed by atoms with E-state index in [2.05, 4.69) is 5.32 Å². The number of hydrogen-bond donors (Lipinski definition) is 1. The quantitative estimate of drug-likeness (QED) is 0.582. The predicted molar refractivity (Wildman–Crippen MR) is 124 cm³/mol. The second-order valence-corrected chi connectivity index (χ2v) is 9.64. The van der Waals surface area contributed by atoms with E-state index in [1.807, 2.05) is 42.5 Å². The molecule has 1 atom stereocenters. The smallest absolute Gasteiger partial charge is 0.265 e. The fourth-order valence-electron chi connectivity index (χ4n) is 3.80. The normalized spacial score (nSPS) is 15.4. The van der Waals surface area contributed by atoms with E-state index >= 15 is 0 Å². The van der Waals surface area contributed by atoms with E-state index < -0.39 is 22.0 Å². The standard InChI is InChI=1S/C24H26N2O5S/c1-17(31-22-11-7-9-18-8-3-4-10-20(18)22)24(27)25-21-16-19(12-13-23(21)30-2)32(28,29)26-14-5-6-15-26/h3-4,7-13,16-17H,5-6,14-15H2,1-2H3,(H,25,27)/t17-/m1/s1. The maximum atomic E-state index is 12.9. The summed E-state index contributed by atoms with van der Waals surface area (Å²) in [6, 6.07) is 17.9. The van der Waals surface area contributed by atoms with Gasteiger partial charge in [-0.05, 0) is 49.4 Å². The summed E-state index contributed by atoms with van der Waals surface area (Å²) < 4.78 is 38.6. The van der Waals surface area contributed by atoms with Crippen molar-refractivity contribution in [2.45, 2.75) is 30.8 Å². The van der Waals surface area contributed by atoms with Crippen molar-refractivity contribution < 1.29 is 22.7 Å². The summed E-state index contributed by atoms with van der Waals surface area (Å²) in [6.07, 6.45) is 0.883. The summed E-state index contributed by atoms with van der Waals surface area (Å²) in [7, 11) is -2.15. The minimum Gasteiger partial charge on any atom is -0.495 e. The van der Waals surface area contributed by atoms with E-state index in [9.17, 15) is 13.2 Å². The van der Waals surface area contributed by atoms with Crippen LogP contribution in [0.5, 0.6) is 11.5 Å². The van der Waals surface area contributed by atoms with Gasteiger partial charge in [-0.1, -0.05) is 36.4 Å². The lowest BCUT2D eigenvalue weighted by molar-refractivity contribution is -0.122. The van der Waals surface area contributed by atoms with Crippen LogP contribution in [0.2, 0.25) is 0 Å². The Morgan fingerprint density at radius 2 is 1.72 bits per heavy atom. The number of carbonyl (C=O) groups is 1. The molecule has 0 aromatic heterocycles. The third-order valence-corrected chi connectivity index (χ3v) is 7.45. The maximum absolute atomic E-state index is 12.9. The number of nitrogens with zero attached hydrogens (tertiary/aromatic N) is 1. The summed E-state index contributed by atoms with van der Waals surface area (Å²) in [6.45, 7) is 2.66. The van der Waals surface area contributed by atoms with Crippen molar-refractivity contribution in [2.24, 2.45) is 0 Å². The van der Waals surface area contributed by atoms with Crippen LogP contribution in [0.25, 0.3) is 10.8 Å². The Bertz CT molecular complexity index is 1230. The zero-order valence-corrected chi connectivity index (χ0v) is 18.9. The molecule has 3 aromatic carbocycles. The highest BCUT2D eigenvalue weighted by atomic mass is 32.2. The minimum absolute atomic E-state index is 0.123. The fourth-order valence-corrected chi connectivity index (χ4v) is 5.34. The number of benzene rings is 3. The van der Waals surface area contributed by atoms with Gasteiger partial charge in [-0.15, -0.1) is 0 Å². The molecule has 1 N–H and O–H groups in total. The monoisotopic (exact) mass is 454 g/mol. The van der Waals surface area contributed by atoms with E-state index in [1.54, 1.807) is 13.0 Å². The Hall–Kier alpha value is -3.10. The van der Waals surface area contributed by atoms with Crippen molar-refractivity contribution in [3.63, 3.8) is 0 Å². The molecule has 7 nitrogen and oxygen atoms in total. The lowest BCUT2D eigenvalue weighted by Gasteiger charge is -2.19. The largest absolute Gasteiger partial charge is 0.495 e. The van der Waals surface area contributed by atoms with Crippen LogP contribution in [0.15, 0.2) is 65.6 Å². The Morgan fingerprint density at radius 3 is 2.47 bits per heavy atom. The molecule has 0 spiro atoms.